The largest absolute Gasteiger partial charge is 0.396 e. The number of benzene rings is 1. The number of allylic oxidation sites excluding steroid dienone is 1. The van der Waals surface area contributed by atoms with Crippen molar-refractivity contribution in [2.75, 3.05) is 6.61 Å². The van der Waals surface area contributed by atoms with E-state index in [0.717, 1.165) is 10.9 Å². The van der Waals surface area contributed by atoms with Gasteiger partial charge in [-0.05, 0) is 23.5 Å². The zero-order chi connectivity index (χ0) is 11.3. The van der Waals surface area contributed by atoms with E-state index < -0.39 is 0 Å². The van der Waals surface area contributed by atoms with Gasteiger partial charge in [0.2, 0.25) is 0 Å². The monoisotopic (exact) mass is 268 g/mol. The zero-order valence-electron chi connectivity index (χ0n) is 9.20. The molecule has 0 fully saturated rings. The maximum absolute atomic E-state index is 9.10. The van der Waals surface area contributed by atoms with Gasteiger partial charge in [-0.25, -0.2) is 0 Å². The molecule has 1 aromatic carbocycles. The molecule has 0 aliphatic heterocycles. The molecule has 0 bridgehead atoms. The second-order valence-electron chi connectivity index (χ2n) is 4.45. The standard InChI is InChI=1S/C13H17BrO/c1-13(2,10-15)9-5-7-11-6-3-4-8-12(11)14/h3-8,15H,9-10H2,1-2H3/b7-5+. The van der Waals surface area contributed by atoms with Crippen LogP contribution in [0.3, 0.4) is 0 Å². The Morgan fingerprint density at radius 2 is 2.00 bits per heavy atom. The quantitative estimate of drug-likeness (QED) is 0.879. The lowest BCUT2D eigenvalue weighted by atomic mass is 9.90. The van der Waals surface area contributed by atoms with Crippen LogP contribution < -0.4 is 0 Å². The Bertz CT molecular complexity index is 342. The van der Waals surface area contributed by atoms with Crippen LogP contribution in [-0.4, -0.2) is 11.7 Å². The molecular formula is C13H17BrO. The van der Waals surface area contributed by atoms with Crippen LogP contribution in [0.25, 0.3) is 6.08 Å². The van der Waals surface area contributed by atoms with Crippen LogP contribution in [0.4, 0.5) is 0 Å². The van der Waals surface area contributed by atoms with Gasteiger partial charge in [0.15, 0.2) is 0 Å². The molecule has 1 N–H and O–H groups in total. The van der Waals surface area contributed by atoms with Crippen LogP contribution in [0.15, 0.2) is 34.8 Å². The summed E-state index contributed by atoms with van der Waals surface area (Å²) in [5, 5.41) is 9.10. The van der Waals surface area contributed by atoms with E-state index in [9.17, 15) is 0 Å². The highest BCUT2D eigenvalue weighted by Gasteiger charge is 2.13. The molecule has 0 aliphatic carbocycles. The van der Waals surface area contributed by atoms with E-state index in [-0.39, 0.29) is 12.0 Å². The molecule has 0 heterocycles. The van der Waals surface area contributed by atoms with Crippen molar-refractivity contribution in [1.29, 1.82) is 0 Å². The van der Waals surface area contributed by atoms with Crippen molar-refractivity contribution in [2.24, 2.45) is 5.41 Å². The first-order valence-corrected chi connectivity index (χ1v) is 5.86. The van der Waals surface area contributed by atoms with Gasteiger partial charge in [0.25, 0.3) is 0 Å². The SMILES string of the molecule is CC(C)(CO)C/C=C/c1ccccc1Br. The van der Waals surface area contributed by atoms with Gasteiger partial charge < -0.3 is 5.11 Å². The zero-order valence-corrected chi connectivity index (χ0v) is 10.8. The van der Waals surface area contributed by atoms with E-state index in [1.54, 1.807) is 0 Å². The smallest absolute Gasteiger partial charge is 0.0485 e. The van der Waals surface area contributed by atoms with Crippen LogP contribution in [-0.2, 0) is 0 Å². The van der Waals surface area contributed by atoms with Gasteiger partial charge in [-0.2, -0.15) is 0 Å². The minimum Gasteiger partial charge on any atom is -0.396 e. The predicted octanol–water partition coefficient (Wildman–Crippen LogP) is 3.87. The van der Waals surface area contributed by atoms with E-state index in [2.05, 4.69) is 48.0 Å². The highest BCUT2D eigenvalue weighted by Crippen LogP contribution is 2.22. The second-order valence-corrected chi connectivity index (χ2v) is 5.30. The molecule has 1 nitrogen and oxygen atoms in total. The summed E-state index contributed by atoms with van der Waals surface area (Å²) in [5.41, 5.74) is 1.14. The molecule has 1 rings (SSSR count). The summed E-state index contributed by atoms with van der Waals surface area (Å²) >= 11 is 3.49. The van der Waals surface area contributed by atoms with Gasteiger partial charge >= 0.3 is 0 Å². The minimum atomic E-state index is -0.0300. The second kappa shape index (κ2) is 5.47. The Hall–Kier alpha value is -0.600. The van der Waals surface area contributed by atoms with Crippen LogP contribution >= 0.6 is 15.9 Å². The average molecular weight is 269 g/mol. The summed E-state index contributed by atoms with van der Waals surface area (Å²) in [5.74, 6) is 0. The Balaban J connectivity index is 2.63. The van der Waals surface area contributed by atoms with Gasteiger partial charge in [-0.1, -0.05) is 60.1 Å². The number of aliphatic hydroxyl groups excluding tert-OH is 1. The molecule has 0 spiro atoms. The van der Waals surface area contributed by atoms with Gasteiger partial charge in [0.05, 0.1) is 0 Å². The highest BCUT2D eigenvalue weighted by atomic mass is 79.9. The van der Waals surface area contributed by atoms with Gasteiger partial charge in [-0.15, -0.1) is 0 Å². The number of rotatable bonds is 4. The van der Waals surface area contributed by atoms with Crippen molar-refractivity contribution >= 4 is 22.0 Å². The Kier molecular flexibility index (Phi) is 4.55. The first-order chi connectivity index (χ1) is 7.05. The molecule has 0 aromatic heterocycles. The van der Waals surface area contributed by atoms with Gasteiger partial charge in [0, 0.05) is 11.1 Å². The molecule has 0 radical (unpaired) electrons. The molecule has 0 aliphatic rings. The molecule has 0 unspecified atom stereocenters. The predicted molar refractivity (Wildman–Crippen MR) is 68.7 cm³/mol. The molecule has 0 saturated carbocycles. The van der Waals surface area contributed by atoms with Crippen molar-refractivity contribution in [2.45, 2.75) is 20.3 Å². The fraction of sp³-hybridized carbons (Fsp3) is 0.385. The molecule has 0 saturated heterocycles. The molecule has 82 valence electrons. The maximum Gasteiger partial charge on any atom is 0.0485 e. The Morgan fingerprint density at radius 1 is 1.33 bits per heavy atom. The van der Waals surface area contributed by atoms with E-state index in [0.29, 0.717) is 0 Å². The summed E-state index contributed by atoms with van der Waals surface area (Å²) in [7, 11) is 0. The molecule has 0 atom stereocenters. The van der Waals surface area contributed by atoms with Gasteiger partial charge in [0.1, 0.15) is 0 Å². The van der Waals surface area contributed by atoms with Crippen LogP contribution in [0.1, 0.15) is 25.8 Å². The van der Waals surface area contributed by atoms with E-state index in [1.807, 2.05) is 18.2 Å². The number of hydrogen-bond acceptors (Lipinski definition) is 1. The number of aliphatic hydroxyl groups is 1. The fourth-order valence-corrected chi connectivity index (χ4v) is 1.60. The summed E-state index contributed by atoms with van der Waals surface area (Å²) in [4.78, 5) is 0. The van der Waals surface area contributed by atoms with Crippen molar-refractivity contribution in [1.82, 2.24) is 0 Å². The molecule has 1 aromatic rings. The van der Waals surface area contributed by atoms with Crippen LogP contribution in [0.2, 0.25) is 0 Å². The van der Waals surface area contributed by atoms with Crippen molar-refractivity contribution < 1.29 is 5.11 Å². The van der Waals surface area contributed by atoms with E-state index >= 15 is 0 Å². The summed E-state index contributed by atoms with van der Waals surface area (Å²) < 4.78 is 1.10. The van der Waals surface area contributed by atoms with Crippen molar-refractivity contribution in [3.05, 3.63) is 40.4 Å². The topological polar surface area (TPSA) is 20.2 Å². The normalized spacial score (nSPS) is 12.3. The molecule has 15 heavy (non-hydrogen) atoms. The molecule has 2 heteroatoms. The average Bonchev–Trinajstić information content (AvgIpc) is 2.21. The summed E-state index contributed by atoms with van der Waals surface area (Å²) in [6.45, 7) is 4.32. The van der Waals surface area contributed by atoms with Crippen molar-refractivity contribution in [3.63, 3.8) is 0 Å². The third-order valence-electron chi connectivity index (χ3n) is 2.30. The lowest BCUT2D eigenvalue weighted by molar-refractivity contribution is 0.162. The highest BCUT2D eigenvalue weighted by molar-refractivity contribution is 9.10. The number of hydrogen-bond donors (Lipinski definition) is 1. The maximum atomic E-state index is 9.10. The van der Waals surface area contributed by atoms with Gasteiger partial charge in [-0.3, -0.25) is 0 Å². The Morgan fingerprint density at radius 3 is 2.60 bits per heavy atom. The third kappa shape index (κ3) is 4.18. The van der Waals surface area contributed by atoms with E-state index in [1.165, 1.54) is 5.56 Å². The van der Waals surface area contributed by atoms with Crippen molar-refractivity contribution in [3.8, 4) is 0 Å². The lowest BCUT2D eigenvalue weighted by Crippen LogP contribution is -2.14. The first-order valence-electron chi connectivity index (χ1n) is 5.07. The first kappa shape index (κ1) is 12.5. The fourth-order valence-electron chi connectivity index (χ4n) is 1.18. The minimum absolute atomic E-state index is 0.0300. The lowest BCUT2D eigenvalue weighted by Gasteiger charge is -2.18. The molecule has 0 amide bonds. The van der Waals surface area contributed by atoms with Crippen LogP contribution in [0.5, 0.6) is 0 Å². The molecular weight excluding hydrogens is 252 g/mol. The Labute approximate surface area is 100.0 Å². The summed E-state index contributed by atoms with van der Waals surface area (Å²) in [6, 6.07) is 8.10. The summed E-state index contributed by atoms with van der Waals surface area (Å²) in [6.07, 6.45) is 5.07. The third-order valence-corrected chi connectivity index (χ3v) is 3.02. The number of halogens is 1. The van der Waals surface area contributed by atoms with Crippen LogP contribution in [0, 0.1) is 5.41 Å². The van der Waals surface area contributed by atoms with E-state index in [4.69, 9.17) is 5.11 Å².